The van der Waals surface area contributed by atoms with Crippen molar-refractivity contribution < 1.29 is 78.3 Å². The molecule has 49 heavy (non-hydrogen) atoms. The number of carboxylic acid groups (broad SMARTS) is 5. The van der Waals surface area contributed by atoms with Gasteiger partial charge in [-0.1, -0.05) is 0 Å². The van der Waals surface area contributed by atoms with Gasteiger partial charge in [-0.15, -0.1) is 0 Å². The lowest BCUT2D eigenvalue weighted by atomic mass is 10.1. The molecule has 0 spiro atoms. The predicted octanol–water partition coefficient (Wildman–Crippen LogP) is -2.66. The largest absolute Gasteiger partial charge is 0.480 e. The molecule has 0 aliphatic rings. The number of rotatable bonds is 25. The molecular weight excluding hydrogens is 662 g/mol. The smallest absolute Gasteiger partial charge is 0.326 e. The fourth-order valence-corrected chi connectivity index (χ4v) is 4.05. The van der Waals surface area contributed by atoms with Crippen LogP contribution in [0.15, 0.2) is 0 Å². The molecule has 0 aromatic carbocycles. The summed E-state index contributed by atoms with van der Waals surface area (Å²) in [4.78, 5) is 128. The van der Waals surface area contributed by atoms with Gasteiger partial charge < -0.3 is 56.9 Å². The maximum absolute atomic E-state index is 12.4. The molecule has 21 heteroatoms. The molecule has 21 nitrogen and oxygen atoms in total. The molecule has 0 radical (unpaired) electrons. The van der Waals surface area contributed by atoms with Crippen LogP contribution in [0.5, 0.6) is 0 Å². The molecule has 0 aliphatic heterocycles. The van der Waals surface area contributed by atoms with Gasteiger partial charge >= 0.3 is 29.8 Å². The molecule has 0 saturated carbocycles. The van der Waals surface area contributed by atoms with Crippen LogP contribution in [0.4, 0.5) is 0 Å². The second-order valence-corrected chi connectivity index (χ2v) is 10.8. The van der Waals surface area contributed by atoms with E-state index >= 15 is 0 Å². The average molecular weight is 704 g/mol. The summed E-state index contributed by atoms with van der Waals surface area (Å²) in [5.74, 6) is -12.2. The number of carboxylic acids is 5. The van der Waals surface area contributed by atoms with Crippen LogP contribution in [0.1, 0.15) is 78.1 Å². The van der Waals surface area contributed by atoms with Crippen molar-refractivity contribution in [1.29, 1.82) is 0 Å². The van der Waals surface area contributed by atoms with Gasteiger partial charge in [-0.2, -0.15) is 0 Å². The summed E-state index contributed by atoms with van der Waals surface area (Å²) in [6.45, 7) is 2.30. The van der Waals surface area contributed by atoms with E-state index in [2.05, 4.69) is 26.6 Å². The standard InChI is InChI=1S/C28H41N5O16/c1-13(34)3-4-16(25(42)43)30-21(37)10-6-18(27(46)47)32-23(39)12-8-19(28(48)49)33-22(38)11-7-17(26(44)45)31-20(36)9-5-15(24(40)41)29-14(2)35/h15-19H,3-12H2,1-2H3,(H,29,35)(H,30,37)(H,31,36)(H,32,39)(H,33,38)(H,40,41)(H,42,43)(H,44,45)(H,46,47)(H,48,49)/t15-,16-,17-,18-,19-/m0/s1. The zero-order valence-electron chi connectivity index (χ0n) is 26.7. The molecule has 0 fully saturated rings. The van der Waals surface area contributed by atoms with Crippen LogP contribution < -0.4 is 26.6 Å². The Hall–Kier alpha value is -5.63. The quantitative estimate of drug-likeness (QED) is 0.0464. The van der Waals surface area contributed by atoms with Crippen molar-refractivity contribution in [1.82, 2.24) is 26.6 Å². The third-order valence-corrected chi connectivity index (χ3v) is 6.63. The van der Waals surface area contributed by atoms with Gasteiger partial charge in [0.1, 0.15) is 36.0 Å². The molecule has 0 aliphatic carbocycles. The Morgan fingerprint density at radius 2 is 0.571 bits per heavy atom. The first-order chi connectivity index (χ1) is 22.7. The number of amides is 5. The van der Waals surface area contributed by atoms with E-state index in [4.69, 9.17) is 5.11 Å². The highest BCUT2D eigenvalue weighted by Crippen LogP contribution is 2.07. The van der Waals surface area contributed by atoms with E-state index in [0.29, 0.717) is 0 Å². The summed E-state index contributed by atoms with van der Waals surface area (Å²) in [7, 11) is 0. The number of nitrogens with one attached hydrogen (secondary N) is 5. The zero-order valence-corrected chi connectivity index (χ0v) is 26.7. The van der Waals surface area contributed by atoms with Crippen LogP contribution in [0.2, 0.25) is 0 Å². The van der Waals surface area contributed by atoms with Crippen molar-refractivity contribution in [2.75, 3.05) is 0 Å². The van der Waals surface area contributed by atoms with Crippen molar-refractivity contribution in [3.05, 3.63) is 0 Å². The Morgan fingerprint density at radius 1 is 0.367 bits per heavy atom. The van der Waals surface area contributed by atoms with Crippen LogP contribution in [-0.2, 0) is 52.7 Å². The first-order valence-electron chi connectivity index (χ1n) is 14.8. The fraction of sp³-hybridized carbons (Fsp3) is 0.607. The fourth-order valence-electron chi connectivity index (χ4n) is 4.05. The summed E-state index contributed by atoms with van der Waals surface area (Å²) in [6.07, 6.45) is -4.40. The van der Waals surface area contributed by atoms with Crippen molar-refractivity contribution in [2.45, 2.75) is 108 Å². The predicted molar refractivity (Wildman–Crippen MR) is 160 cm³/mol. The summed E-state index contributed by atoms with van der Waals surface area (Å²) in [5.41, 5.74) is 0. The van der Waals surface area contributed by atoms with Gasteiger partial charge in [0, 0.05) is 39.0 Å². The van der Waals surface area contributed by atoms with Crippen molar-refractivity contribution in [3.63, 3.8) is 0 Å². The topological polar surface area (TPSA) is 349 Å². The van der Waals surface area contributed by atoms with Gasteiger partial charge in [-0.25, -0.2) is 24.0 Å². The van der Waals surface area contributed by atoms with E-state index in [-0.39, 0.29) is 25.0 Å². The Labute approximate surface area is 278 Å². The molecule has 0 unspecified atom stereocenters. The number of carbonyl (C=O) groups excluding carboxylic acids is 6. The van der Waals surface area contributed by atoms with E-state index in [1.54, 1.807) is 0 Å². The third kappa shape index (κ3) is 19.6. The molecule has 0 saturated heterocycles. The van der Waals surface area contributed by atoms with Crippen LogP contribution in [0.25, 0.3) is 0 Å². The van der Waals surface area contributed by atoms with Crippen LogP contribution >= 0.6 is 0 Å². The SMILES string of the molecule is CC(=O)CC[C@H](NC(=O)CC[C@H](NC(=O)CC[C@H](NC(=O)CC[C@H](NC(=O)CC[C@H](NC(C)=O)C(=O)O)C(=O)O)C(=O)O)C(=O)O)C(=O)O. The summed E-state index contributed by atoms with van der Waals surface area (Å²) in [5, 5.41) is 57.0. The van der Waals surface area contributed by atoms with E-state index in [1.807, 2.05) is 0 Å². The highest BCUT2D eigenvalue weighted by atomic mass is 16.4. The highest BCUT2D eigenvalue weighted by Gasteiger charge is 2.28. The second-order valence-electron chi connectivity index (χ2n) is 10.8. The maximum atomic E-state index is 12.4. The van der Waals surface area contributed by atoms with Gasteiger partial charge in [0.05, 0.1) is 0 Å². The first kappa shape index (κ1) is 43.4. The van der Waals surface area contributed by atoms with Gasteiger partial charge in [0.25, 0.3) is 0 Å². The lowest BCUT2D eigenvalue weighted by Gasteiger charge is -2.18. The minimum absolute atomic E-state index is 0.120. The molecule has 0 aromatic heterocycles. The van der Waals surface area contributed by atoms with Crippen molar-refractivity contribution in [3.8, 4) is 0 Å². The minimum atomic E-state index is -1.67. The number of Topliss-reactive ketones (excluding diaryl/α,β-unsaturated/α-hetero) is 1. The Balaban J connectivity index is 4.98. The first-order valence-corrected chi connectivity index (χ1v) is 14.8. The summed E-state index contributed by atoms with van der Waals surface area (Å²) >= 11 is 0. The number of carbonyl (C=O) groups is 11. The third-order valence-electron chi connectivity index (χ3n) is 6.63. The monoisotopic (exact) mass is 703 g/mol. The number of aliphatic carboxylic acids is 5. The molecule has 0 aromatic rings. The van der Waals surface area contributed by atoms with Crippen LogP contribution in [0.3, 0.4) is 0 Å². The van der Waals surface area contributed by atoms with Crippen LogP contribution in [0, 0.1) is 0 Å². The average Bonchev–Trinajstić information content (AvgIpc) is 2.98. The summed E-state index contributed by atoms with van der Waals surface area (Å²) in [6, 6.07) is -7.72. The van der Waals surface area contributed by atoms with Gasteiger partial charge in [0.15, 0.2) is 0 Å². The normalized spacial score (nSPS) is 13.6. The molecule has 274 valence electrons. The number of hydrogen-bond donors (Lipinski definition) is 10. The molecule has 0 bridgehead atoms. The Bertz CT molecular complexity index is 1290. The van der Waals surface area contributed by atoms with Gasteiger partial charge in [-0.3, -0.25) is 24.0 Å². The molecule has 5 atom stereocenters. The Kier molecular flexibility index (Phi) is 19.5. The second kappa shape index (κ2) is 22.0. The molecule has 5 amide bonds. The van der Waals surface area contributed by atoms with Crippen molar-refractivity contribution in [2.24, 2.45) is 0 Å². The number of hydrogen-bond acceptors (Lipinski definition) is 11. The van der Waals surface area contributed by atoms with E-state index in [9.17, 15) is 73.2 Å². The number of ketones is 1. The summed E-state index contributed by atoms with van der Waals surface area (Å²) < 4.78 is 0. The molecule has 0 heterocycles. The molecule has 10 N–H and O–H groups in total. The maximum Gasteiger partial charge on any atom is 0.326 e. The van der Waals surface area contributed by atoms with E-state index < -0.39 is 135 Å². The minimum Gasteiger partial charge on any atom is -0.480 e. The highest BCUT2D eigenvalue weighted by molar-refractivity contribution is 5.89. The zero-order chi connectivity index (χ0) is 37.8. The van der Waals surface area contributed by atoms with Crippen molar-refractivity contribution >= 4 is 65.2 Å². The van der Waals surface area contributed by atoms with E-state index in [1.165, 1.54) is 6.92 Å². The lowest BCUT2D eigenvalue weighted by Crippen LogP contribution is -2.46. The molecular formula is C28H41N5O16. The lowest BCUT2D eigenvalue weighted by molar-refractivity contribution is -0.144. The Morgan fingerprint density at radius 3 is 0.755 bits per heavy atom. The van der Waals surface area contributed by atoms with Crippen LogP contribution in [-0.4, -0.2) is 121 Å². The van der Waals surface area contributed by atoms with E-state index in [0.717, 1.165) is 6.92 Å². The molecule has 0 rings (SSSR count). The van der Waals surface area contributed by atoms with Gasteiger partial charge in [-0.05, 0) is 39.0 Å². The van der Waals surface area contributed by atoms with Gasteiger partial charge in [0.2, 0.25) is 29.5 Å².